The maximum absolute atomic E-state index is 12.6. The van der Waals surface area contributed by atoms with E-state index in [9.17, 15) is 18.0 Å². The molecule has 0 aliphatic heterocycles. The second kappa shape index (κ2) is 8.81. The first-order valence-electron chi connectivity index (χ1n) is 8.91. The minimum absolute atomic E-state index is 0.0336. The highest BCUT2D eigenvalue weighted by atomic mass is 19.4. The highest BCUT2D eigenvalue weighted by molar-refractivity contribution is 5.94. The summed E-state index contributed by atoms with van der Waals surface area (Å²) in [7, 11) is 1.52. The Labute approximate surface area is 166 Å². The zero-order valence-electron chi connectivity index (χ0n) is 15.8. The van der Waals surface area contributed by atoms with Crippen molar-refractivity contribution in [2.45, 2.75) is 25.9 Å². The van der Waals surface area contributed by atoms with Gasteiger partial charge in [0.1, 0.15) is 24.7 Å². The number of hydrogen-bond donors (Lipinski definition) is 0. The summed E-state index contributed by atoms with van der Waals surface area (Å²) in [5, 5.41) is 0. The van der Waals surface area contributed by atoms with Crippen LogP contribution in [0.3, 0.4) is 0 Å². The van der Waals surface area contributed by atoms with Gasteiger partial charge >= 0.3 is 6.18 Å². The molecule has 0 radical (unpaired) electrons. The lowest BCUT2D eigenvalue weighted by Crippen LogP contribution is -2.29. The van der Waals surface area contributed by atoms with Gasteiger partial charge in [-0.05, 0) is 29.8 Å². The zero-order chi connectivity index (χ0) is 20.9. The molecule has 29 heavy (non-hydrogen) atoms. The molecule has 0 saturated heterocycles. The number of nitrogens with zero attached hydrogens (tertiary/aromatic N) is 3. The molecule has 0 aliphatic carbocycles. The van der Waals surface area contributed by atoms with Crippen molar-refractivity contribution >= 4 is 5.91 Å². The summed E-state index contributed by atoms with van der Waals surface area (Å²) >= 11 is 0. The third-order valence-electron chi connectivity index (χ3n) is 4.23. The lowest BCUT2D eigenvalue weighted by atomic mass is 10.2. The number of carbonyl (C=O) groups excluding carboxylic acids is 1. The second-order valence-corrected chi connectivity index (χ2v) is 6.55. The number of rotatable bonds is 7. The lowest BCUT2D eigenvalue weighted by molar-refractivity contribution is -0.141. The van der Waals surface area contributed by atoms with Gasteiger partial charge in [0.15, 0.2) is 0 Å². The van der Waals surface area contributed by atoms with Gasteiger partial charge in [-0.25, -0.2) is 4.98 Å². The number of benzene rings is 2. The number of carbonyl (C=O) groups is 1. The normalized spacial score (nSPS) is 11.3. The van der Waals surface area contributed by atoms with Crippen molar-refractivity contribution in [1.82, 2.24) is 14.5 Å². The van der Waals surface area contributed by atoms with Crippen LogP contribution >= 0.6 is 0 Å². The van der Waals surface area contributed by atoms with Crippen molar-refractivity contribution < 1.29 is 22.7 Å². The molecule has 0 saturated carbocycles. The molecule has 0 aliphatic rings. The van der Waals surface area contributed by atoms with Crippen LogP contribution in [0.1, 0.15) is 21.7 Å². The number of alkyl halides is 3. The van der Waals surface area contributed by atoms with Gasteiger partial charge in [0.25, 0.3) is 5.91 Å². The molecule has 8 heteroatoms. The third kappa shape index (κ3) is 5.84. The average molecular weight is 403 g/mol. The Morgan fingerprint density at radius 1 is 1.10 bits per heavy atom. The van der Waals surface area contributed by atoms with Crippen LogP contribution in [0.25, 0.3) is 0 Å². The molecule has 1 heterocycles. The number of hydrogen-bond acceptors (Lipinski definition) is 3. The van der Waals surface area contributed by atoms with Crippen molar-refractivity contribution in [3.05, 3.63) is 83.9 Å². The Bertz CT molecular complexity index is 938. The van der Waals surface area contributed by atoms with Crippen molar-refractivity contribution in [1.29, 1.82) is 0 Å². The van der Waals surface area contributed by atoms with Crippen LogP contribution in [0, 0.1) is 0 Å². The van der Waals surface area contributed by atoms with Gasteiger partial charge in [-0.3, -0.25) is 4.79 Å². The van der Waals surface area contributed by atoms with Gasteiger partial charge in [-0.1, -0.05) is 30.3 Å². The second-order valence-electron chi connectivity index (χ2n) is 6.55. The molecule has 5 nitrogen and oxygen atoms in total. The van der Waals surface area contributed by atoms with Gasteiger partial charge in [0.05, 0.1) is 6.54 Å². The minimum Gasteiger partial charge on any atom is -0.489 e. The quantitative estimate of drug-likeness (QED) is 0.591. The molecule has 0 N–H and O–H groups in total. The smallest absolute Gasteiger partial charge is 0.406 e. The van der Waals surface area contributed by atoms with Gasteiger partial charge < -0.3 is 14.2 Å². The summed E-state index contributed by atoms with van der Waals surface area (Å²) in [6.45, 7) is -0.762. The van der Waals surface area contributed by atoms with Gasteiger partial charge in [0, 0.05) is 25.0 Å². The minimum atomic E-state index is -4.35. The van der Waals surface area contributed by atoms with Crippen LogP contribution in [0.5, 0.6) is 5.75 Å². The molecule has 1 amide bonds. The van der Waals surface area contributed by atoms with Crippen molar-refractivity contribution in [2.75, 3.05) is 7.05 Å². The summed E-state index contributed by atoms with van der Waals surface area (Å²) in [5.41, 5.74) is 1.44. The van der Waals surface area contributed by atoms with Crippen LogP contribution in [-0.4, -0.2) is 33.6 Å². The number of aromatic nitrogens is 2. The number of amides is 1. The first-order valence-corrected chi connectivity index (χ1v) is 8.91. The van der Waals surface area contributed by atoms with Gasteiger partial charge in [-0.2, -0.15) is 13.2 Å². The van der Waals surface area contributed by atoms with Crippen LogP contribution < -0.4 is 4.74 Å². The largest absolute Gasteiger partial charge is 0.489 e. The Morgan fingerprint density at radius 3 is 2.45 bits per heavy atom. The Balaban J connectivity index is 1.59. The third-order valence-corrected chi connectivity index (χ3v) is 4.23. The van der Waals surface area contributed by atoms with Crippen LogP contribution in [-0.2, 0) is 19.7 Å². The summed E-state index contributed by atoms with van der Waals surface area (Å²) in [5.74, 6) is 0.468. The number of halogens is 3. The SMILES string of the molecule is CN(Cc1nccn1CC(F)(F)F)C(=O)c1ccc(OCc2ccccc2)cc1. The first-order chi connectivity index (χ1) is 13.8. The fraction of sp³-hybridized carbons (Fsp3) is 0.238. The zero-order valence-corrected chi connectivity index (χ0v) is 15.8. The predicted molar refractivity (Wildman–Crippen MR) is 101 cm³/mol. The lowest BCUT2D eigenvalue weighted by Gasteiger charge is -2.18. The van der Waals surface area contributed by atoms with E-state index in [1.54, 1.807) is 24.3 Å². The summed E-state index contributed by atoms with van der Waals surface area (Å²) in [6.07, 6.45) is -1.81. The van der Waals surface area contributed by atoms with E-state index in [2.05, 4.69) is 4.98 Å². The molecule has 152 valence electrons. The Morgan fingerprint density at radius 2 is 1.79 bits per heavy atom. The molecule has 3 rings (SSSR count). The monoisotopic (exact) mass is 403 g/mol. The molecule has 0 atom stereocenters. The first kappa shape index (κ1) is 20.4. The topological polar surface area (TPSA) is 47.4 Å². The predicted octanol–water partition coefficient (Wildman–Crippen LogP) is 4.30. The summed E-state index contributed by atoms with van der Waals surface area (Å²) in [6, 6.07) is 16.3. The van der Waals surface area contributed by atoms with Crippen molar-refractivity contribution in [3.8, 4) is 5.75 Å². The summed E-state index contributed by atoms with van der Waals surface area (Å²) < 4.78 is 44.6. The molecule has 0 fully saturated rings. The average Bonchev–Trinajstić information content (AvgIpc) is 3.11. The highest BCUT2D eigenvalue weighted by Gasteiger charge is 2.29. The van der Waals surface area contributed by atoms with Gasteiger partial charge in [0.2, 0.25) is 0 Å². The number of ether oxygens (including phenoxy) is 1. The maximum Gasteiger partial charge on any atom is 0.406 e. The van der Waals surface area contributed by atoms with Crippen molar-refractivity contribution in [2.24, 2.45) is 0 Å². The Kier molecular flexibility index (Phi) is 6.21. The van der Waals surface area contributed by atoms with Crippen LogP contribution in [0.15, 0.2) is 67.0 Å². The Hall–Kier alpha value is -3.29. The fourth-order valence-corrected chi connectivity index (χ4v) is 2.77. The molecule has 0 bridgehead atoms. The standard InChI is InChI=1S/C21H20F3N3O2/c1-26(13-19-25-11-12-27(19)15-21(22,23)24)20(28)17-7-9-18(10-8-17)29-14-16-5-3-2-4-6-16/h2-12H,13-15H2,1H3. The number of imidazole rings is 1. The fourth-order valence-electron chi connectivity index (χ4n) is 2.77. The van der Waals surface area contributed by atoms with E-state index in [1.807, 2.05) is 30.3 Å². The molecule has 0 unspecified atom stereocenters. The summed E-state index contributed by atoms with van der Waals surface area (Å²) in [4.78, 5) is 17.8. The van der Waals surface area contributed by atoms with E-state index in [-0.39, 0.29) is 18.3 Å². The highest BCUT2D eigenvalue weighted by Crippen LogP contribution is 2.19. The molecule has 2 aromatic carbocycles. The molecule has 1 aromatic heterocycles. The molecular formula is C21H20F3N3O2. The van der Waals surface area contributed by atoms with E-state index in [1.165, 1.54) is 24.3 Å². The van der Waals surface area contributed by atoms with Crippen LogP contribution in [0.4, 0.5) is 13.2 Å². The van der Waals surface area contributed by atoms with Crippen LogP contribution in [0.2, 0.25) is 0 Å². The molecule has 3 aromatic rings. The van der Waals surface area contributed by atoms with E-state index in [0.29, 0.717) is 17.9 Å². The maximum atomic E-state index is 12.6. The van der Waals surface area contributed by atoms with Crippen molar-refractivity contribution in [3.63, 3.8) is 0 Å². The molecule has 0 spiro atoms. The van der Waals surface area contributed by atoms with Gasteiger partial charge in [-0.15, -0.1) is 0 Å². The van der Waals surface area contributed by atoms with E-state index < -0.39 is 12.7 Å². The molecular weight excluding hydrogens is 383 g/mol. The van der Waals surface area contributed by atoms with E-state index >= 15 is 0 Å². The van der Waals surface area contributed by atoms with E-state index in [0.717, 1.165) is 10.1 Å². The van der Waals surface area contributed by atoms with E-state index in [4.69, 9.17) is 4.74 Å².